The Kier molecular flexibility index (Phi) is 6.36. The average molecular weight is 218 g/mol. The number of carbonyl (C=O) groups is 2. The molecule has 1 atom stereocenters. The first-order valence-electron chi connectivity index (χ1n) is 4.58. The van der Waals surface area contributed by atoms with E-state index in [9.17, 15) is 9.59 Å². The van der Waals surface area contributed by atoms with Crippen molar-refractivity contribution in [2.45, 2.75) is 19.1 Å². The predicted octanol–water partition coefficient (Wildman–Crippen LogP) is 0.332. The van der Waals surface area contributed by atoms with Gasteiger partial charge in [0, 0.05) is 13.6 Å². The van der Waals surface area contributed by atoms with Crippen LogP contribution in [0.15, 0.2) is 0 Å². The van der Waals surface area contributed by atoms with Gasteiger partial charge >= 0.3 is 0 Å². The second-order valence-electron chi connectivity index (χ2n) is 2.90. The van der Waals surface area contributed by atoms with Gasteiger partial charge in [-0.3, -0.25) is 9.59 Å². The van der Waals surface area contributed by atoms with E-state index in [0.29, 0.717) is 6.54 Å². The van der Waals surface area contributed by atoms with Crippen LogP contribution in [0.2, 0.25) is 0 Å². The molecule has 0 heterocycles. The minimum Gasteiger partial charge on any atom is -0.358 e. The number of thioether (sulfide) groups is 1. The molecule has 0 fully saturated rings. The topological polar surface area (TPSA) is 49.4 Å². The van der Waals surface area contributed by atoms with Gasteiger partial charge in [-0.2, -0.15) is 11.8 Å². The van der Waals surface area contributed by atoms with Crippen LogP contribution < -0.4 is 5.32 Å². The molecular formula is C9H18N2O2S. The van der Waals surface area contributed by atoms with Crippen LogP contribution in [-0.4, -0.2) is 48.4 Å². The average Bonchev–Trinajstić information content (AvgIpc) is 2.23. The van der Waals surface area contributed by atoms with Crippen LogP contribution >= 0.6 is 11.8 Å². The molecule has 0 unspecified atom stereocenters. The molecule has 14 heavy (non-hydrogen) atoms. The van der Waals surface area contributed by atoms with Crippen molar-refractivity contribution in [1.29, 1.82) is 0 Å². The van der Waals surface area contributed by atoms with Gasteiger partial charge in [0.15, 0.2) is 0 Å². The van der Waals surface area contributed by atoms with Crippen molar-refractivity contribution in [3.63, 3.8) is 0 Å². The normalized spacial score (nSPS) is 12.0. The number of hydrogen-bond donors (Lipinski definition) is 1. The molecule has 0 aromatic carbocycles. The summed E-state index contributed by atoms with van der Waals surface area (Å²) in [5, 5.41) is 2.42. The molecule has 0 aromatic rings. The summed E-state index contributed by atoms with van der Waals surface area (Å²) in [6.07, 6.45) is 1.89. The first-order valence-corrected chi connectivity index (χ1v) is 5.87. The molecule has 1 N–H and O–H groups in total. The van der Waals surface area contributed by atoms with Crippen LogP contribution in [0.25, 0.3) is 0 Å². The molecule has 0 rings (SSSR count). The molecule has 0 aromatic heterocycles. The first kappa shape index (κ1) is 13.3. The molecule has 0 saturated carbocycles. The molecule has 0 saturated heterocycles. The summed E-state index contributed by atoms with van der Waals surface area (Å²) < 4.78 is 0. The zero-order chi connectivity index (χ0) is 11.1. The number of nitrogens with zero attached hydrogens (tertiary/aromatic N) is 1. The van der Waals surface area contributed by atoms with Gasteiger partial charge in [0.25, 0.3) is 0 Å². The maximum Gasteiger partial charge on any atom is 0.239 e. The second kappa shape index (κ2) is 6.70. The van der Waals surface area contributed by atoms with Gasteiger partial charge in [0.2, 0.25) is 11.8 Å². The summed E-state index contributed by atoms with van der Waals surface area (Å²) in [4.78, 5) is 24.3. The van der Waals surface area contributed by atoms with Crippen molar-refractivity contribution < 1.29 is 9.59 Å². The van der Waals surface area contributed by atoms with E-state index < -0.39 is 0 Å². The van der Waals surface area contributed by atoms with Crippen molar-refractivity contribution in [2.75, 3.05) is 26.4 Å². The first-order chi connectivity index (χ1) is 6.56. The lowest BCUT2D eigenvalue weighted by atomic mass is 10.3. The highest BCUT2D eigenvalue weighted by Crippen LogP contribution is 2.08. The Bertz CT molecular complexity index is 209. The molecule has 0 radical (unpaired) electrons. The van der Waals surface area contributed by atoms with Gasteiger partial charge in [-0.15, -0.1) is 0 Å². The van der Waals surface area contributed by atoms with Gasteiger partial charge in [-0.25, -0.2) is 0 Å². The summed E-state index contributed by atoms with van der Waals surface area (Å²) in [5.74, 6) is -0.114. The van der Waals surface area contributed by atoms with Gasteiger partial charge in [0.05, 0.1) is 11.8 Å². The Morgan fingerprint density at radius 2 is 2.07 bits per heavy atom. The minimum absolute atomic E-state index is 0.0172. The Balaban J connectivity index is 4.26. The lowest BCUT2D eigenvalue weighted by Crippen LogP contribution is -2.42. The zero-order valence-electron chi connectivity index (χ0n) is 9.16. The minimum atomic E-state index is -0.131. The molecule has 5 heteroatoms. The van der Waals surface area contributed by atoms with Gasteiger partial charge in [-0.1, -0.05) is 0 Å². The number of amides is 2. The van der Waals surface area contributed by atoms with Crippen molar-refractivity contribution in [3.05, 3.63) is 0 Å². The van der Waals surface area contributed by atoms with Crippen molar-refractivity contribution >= 4 is 23.6 Å². The maximum atomic E-state index is 11.7. The highest BCUT2D eigenvalue weighted by atomic mass is 32.2. The number of carbonyl (C=O) groups excluding carboxylic acids is 2. The summed E-state index contributed by atoms with van der Waals surface area (Å²) in [6, 6.07) is 0. The Labute approximate surface area is 89.4 Å². The fourth-order valence-electron chi connectivity index (χ4n) is 0.956. The van der Waals surface area contributed by atoms with Crippen LogP contribution in [0, 0.1) is 0 Å². The van der Waals surface area contributed by atoms with Crippen LogP contribution in [0.5, 0.6) is 0 Å². The molecule has 0 spiro atoms. The number of likely N-dealkylation sites (N-methyl/N-ethyl adjacent to an activating group) is 2. The Hall–Kier alpha value is -0.710. The van der Waals surface area contributed by atoms with Crippen molar-refractivity contribution in [2.24, 2.45) is 0 Å². The van der Waals surface area contributed by atoms with E-state index in [1.165, 1.54) is 11.8 Å². The molecular weight excluding hydrogens is 200 g/mol. The van der Waals surface area contributed by atoms with Gasteiger partial charge < -0.3 is 10.2 Å². The number of nitrogens with one attached hydrogen (secondary N) is 1. The Morgan fingerprint density at radius 1 is 1.50 bits per heavy atom. The molecule has 0 aliphatic rings. The van der Waals surface area contributed by atoms with Crippen LogP contribution in [0.3, 0.4) is 0 Å². The molecule has 0 aliphatic heterocycles. The summed E-state index contributed by atoms with van der Waals surface area (Å²) >= 11 is 1.49. The fourth-order valence-corrected chi connectivity index (χ4v) is 1.31. The highest BCUT2D eigenvalue weighted by molar-refractivity contribution is 7.99. The van der Waals surface area contributed by atoms with E-state index in [-0.39, 0.29) is 23.6 Å². The van der Waals surface area contributed by atoms with E-state index in [1.807, 2.05) is 20.1 Å². The lowest BCUT2D eigenvalue weighted by molar-refractivity contribution is -0.135. The SMILES string of the molecule is CCN(CC(=O)NC)C(=O)[C@@H](C)SC. The van der Waals surface area contributed by atoms with Crippen molar-refractivity contribution in [3.8, 4) is 0 Å². The third kappa shape index (κ3) is 4.00. The van der Waals surface area contributed by atoms with E-state index in [1.54, 1.807) is 11.9 Å². The molecule has 82 valence electrons. The summed E-state index contributed by atoms with van der Waals surface area (Å²) in [7, 11) is 1.57. The number of rotatable bonds is 5. The number of hydrogen-bond acceptors (Lipinski definition) is 3. The Morgan fingerprint density at radius 3 is 2.43 bits per heavy atom. The van der Waals surface area contributed by atoms with Crippen LogP contribution in [0.4, 0.5) is 0 Å². The van der Waals surface area contributed by atoms with Gasteiger partial charge in [0.1, 0.15) is 0 Å². The van der Waals surface area contributed by atoms with Crippen molar-refractivity contribution in [1.82, 2.24) is 10.2 Å². The molecule has 2 amide bonds. The highest BCUT2D eigenvalue weighted by Gasteiger charge is 2.19. The van der Waals surface area contributed by atoms with E-state index in [0.717, 1.165) is 0 Å². The zero-order valence-corrected chi connectivity index (χ0v) is 9.98. The second-order valence-corrected chi connectivity index (χ2v) is 4.08. The van der Waals surface area contributed by atoms with Crippen LogP contribution in [-0.2, 0) is 9.59 Å². The monoisotopic (exact) mass is 218 g/mol. The van der Waals surface area contributed by atoms with E-state index >= 15 is 0 Å². The summed E-state index contributed by atoms with van der Waals surface area (Å²) in [6.45, 7) is 4.43. The fraction of sp³-hybridized carbons (Fsp3) is 0.778. The molecule has 0 aliphatic carbocycles. The standard InChI is InChI=1S/C9H18N2O2S/c1-5-11(6-8(12)10-3)9(13)7(2)14-4/h7H,5-6H2,1-4H3,(H,10,12)/t7-/m1/s1. The predicted molar refractivity (Wildman–Crippen MR) is 59.3 cm³/mol. The smallest absolute Gasteiger partial charge is 0.239 e. The molecule has 4 nitrogen and oxygen atoms in total. The molecule has 0 bridgehead atoms. The quantitative estimate of drug-likeness (QED) is 0.723. The van der Waals surface area contributed by atoms with E-state index in [4.69, 9.17) is 0 Å². The summed E-state index contributed by atoms with van der Waals surface area (Å²) in [5.41, 5.74) is 0. The third-order valence-corrected chi connectivity index (χ3v) is 2.92. The largest absolute Gasteiger partial charge is 0.358 e. The van der Waals surface area contributed by atoms with Gasteiger partial charge in [-0.05, 0) is 20.1 Å². The van der Waals surface area contributed by atoms with Crippen LogP contribution in [0.1, 0.15) is 13.8 Å². The van der Waals surface area contributed by atoms with E-state index in [2.05, 4.69) is 5.32 Å². The third-order valence-electron chi connectivity index (χ3n) is 2.01. The lowest BCUT2D eigenvalue weighted by Gasteiger charge is -2.22. The maximum absolute atomic E-state index is 11.7.